The molecule has 0 radical (unpaired) electrons. The van der Waals surface area contributed by atoms with Crippen molar-refractivity contribution in [3.05, 3.63) is 11.1 Å². The van der Waals surface area contributed by atoms with Gasteiger partial charge >= 0.3 is 0 Å². The maximum Gasteiger partial charge on any atom is 0.137 e. The third kappa shape index (κ3) is 1.76. The highest BCUT2D eigenvalue weighted by molar-refractivity contribution is 5.82. The van der Waals surface area contributed by atoms with Gasteiger partial charge in [0.1, 0.15) is 23.5 Å². The van der Waals surface area contributed by atoms with E-state index in [-0.39, 0.29) is 17.3 Å². The zero-order chi connectivity index (χ0) is 9.84. The molecule has 3 heteroatoms. The van der Waals surface area contributed by atoms with Gasteiger partial charge in [-0.1, -0.05) is 0 Å². The number of carbonyl (C=O) groups is 1. The largest absolute Gasteiger partial charge is 0.299 e. The molecule has 1 aliphatic rings. The maximum absolute atomic E-state index is 11.1. The van der Waals surface area contributed by atoms with E-state index in [1.807, 2.05) is 12.1 Å². The predicted molar refractivity (Wildman–Crippen MR) is 46.3 cm³/mol. The van der Waals surface area contributed by atoms with Crippen LogP contribution in [0.25, 0.3) is 0 Å². The number of rotatable bonds is 1. The second-order valence-electron chi connectivity index (χ2n) is 3.18. The molecule has 0 aliphatic heterocycles. The van der Waals surface area contributed by atoms with Gasteiger partial charge in [-0.25, -0.2) is 0 Å². The highest BCUT2D eigenvalue weighted by Crippen LogP contribution is 2.33. The summed E-state index contributed by atoms with van der Waals surface area (Å²) in [5.41, 5.74) is 0.884. The van der Waals surface area contributed by atoms with Crippen LogP contribution in [0.5, 0.6) is 0 Å². The summed E-state index contributed by atoms with van der Waals surface area (Å²) < 4.78 is 0. The maximum atomic E-state index is 11.1. The second kappa shape index (κ2) is 3.87. The van der Waals surface area contributed by atoms with Crippen molar-refractivity contribution >= 4 is 5.78 Å². The molecule has 0 spiro atoms. The number of ketones is 1. The molecule has 0 saturated heterocycles. The molecule has 1 rings (SSSR count). The van der Waals surface area contributed by atoms with E-state index in [1.54, 1.807) is 0 Å². The van der Waals surface area contributed by atoms with Crippen LogP contribution in [-0.2, 0) is 4.79 Å². The van der Waals surface area contributed by atoms with Gasteiger partial charge in [0.25, 0.3) is 0 Å². The topological polar surface area (TPSA) is 64.7 Å². The Morgan fingerprint density at radius 3 is 2.54 bits per heavy atom. The first-order valence-corrected chi connectivity index (χ1v) is 4.24. The molecule has 0 aromatic heterocycles. The molecule has 0 bridgehead atoms. The number of carbonyl (C=O) groups excluding carboxylic acids is 1. The Bertz CT molecular complexity index is 325. The van der Waals surface area contributed by atoms with Gasteiger partial charge in [0.15, 0.2) is 0 Å². The standard InChI is InChI=1S/C10H10N2O/c1-7(13)9-3-2-4-10(9)8(5-11)6-12/h9H,2-4H2,1H3. The van der Waals surface area contributed by atoms with E-state index in [4.69, 9.17) is 10.5 Å². The van der Waals surface area contributed by atoms with Crippen molar-refractivity contribution in [2.45, 2.75) is 26.2 Å². The van der Waals surface area contributed by atoms with E-state index < -0.39 is 0 Å². The fourth-order valence-corrected chi connectivity index (χ4v) is 1.76. The van der Waals surface area contributed by atoms with Crippen molar-refractivity contribution in [2.24, 2.45) is 5.92 Å². The van der Waals surface area contributed by atoms with Crippen molar-refractivity contribution in [1.29, 1.82) is 10.5 Å². The number of Topliss-reactive ketones (excluding diaryl/α,β-unsaturated/α-hetero) is 1. The van der Waals surface area contributed by atoms with Crippen molar-refractivity contribution < 1.29 is 4.79 Å². The van der Waals surface area contributed by atoms with E-state index in [2.05, 4.69) is 0 Å². The Morgan fingerprint density at radius 2 is 2.08 bits per heavy atom. The number of hydrogen-bond acceptors (Lipinski definition) is 3. The van der Waals surface area contributed by atoms with Crippen LogP contribution in [0.15, 0.2) is 11.1 Å². The highest BCUT2D eigenvalue weighted by Gasteiger charge is 2.27. The van der Waals surface area contributed by atoms with Crippen molar-refractivity contribution in [1.82, 2.24) is 0 Å². The second-order valence-corrected chi connectivity index (χ2v) is 3.18. The average molecular weight is 174 g/mol. The molecule has 1 fully saturated rings. The third-order valence-electron chi connectivity index (χ3n) is 2.39. The zero-order valence-electron chi connectivity index (χ0n) is 7.50. The molecule has 3 nitrogen and oxygen atoms in total. The van der Waals surface area contributed by atoms with Crippen LogP contribution in [0.4, 0.5) is 0 Å². The molecule has 0 heterocycles. The van der Waals surface area contributed by atoms with E-state index in [1.165, 1.54) is 6.92 Å². The fourth-order valence-electron chi connectivity index (χ4n) is 1.76. The molecule has 1 atom stereocenters. The summed E-state index contributed by atoms with van der Waals surface area (Å²) >= 11 is 0. The molecule has 1 unspecified atom stereocenters. The lowest BCUT2D eigenvalue weighted by molar-refractivity contribution is -0.119. The van der Waals surface area contributed by atoms with Gasteiger partial charge in [-0.15, -0.1) is 0 Å². The lowest BCUT2D eigenvalue weighted by Gasteiger charge is -2.06. The van der Waals surface area contributed by atoms with Crippen LogP contribution >= 0.6 is 0 Å². The SMILES string of the molecule is CC(=O)C1CCCC1=C(C#N)C#N. The number of nitrogens with zero attached hydrogens (tertiary/aromatic N) is 2. The van der Waals surface area contributed by atoms with E-state index in [0.29, 0.717) is 0 Å². The summed E-state index contributed by atoms with van der Waals surface area (Å²) in [6.07, 6.45) is 2.42. The Balaban J connectivity index is 3.06. The van der Waals surface area contributed by atoms with Gasteiger partial charge in [-0.3, -0.25) is 4.79 Å². The Labute approximate surface area is 77.3 Å². The van der Waals surface area contributed by atoms with Gasteiger partial charge < -0.3 is 0 Å². The molecule has 0 aromatic rings. The summed E-state index contributed by atoms with van der Waals surface area (Å²) in [5.74, 6) is -0.107. The first-order valence-electron chi connectivity index (χ1n) is 4.24. The normalized spacial score (nSPS) is 20.5. The minimum absolute atomic E-state index is 0.0653. The highest BCUT2D eigenvalue weighted by atomic mass is 16.1. The quantitative estimate of drug-likeness (QED) is 0.568. The van der Waals surface area contributed by atoms with Crippen LogP contribution < -0.4 is 0 Å². The van der Waals surface area contributed by atoms with Crippen molar-refractivity contribution in [2.75, 3.05) is 0 Å². The van der Waals surface area contributed by atoms with Crippen molar-refractivity contribution in [3.63, 3.8) is 0 Å². The molecule has 1 aliphatic carbocycles. The summed E-state index contributed by atoms with van der Waals surface area (Å²) in [5, 5.41) is 17.3. The van der Waals surface area contributed by atoms with Crippen LogP contribution in [-0.4, -0.2) is 5.78 Å². The van der Waals surface area contributed by atoms with Crippen LogP contribution in [0, 0.1) is 28.6 Å². The monoisotopic (exact) mass is 174 g/mol. The van der Waals surface area contributed by atoms with E-state index in [0.717, 1.165) is 24.8 Å². The summed E-state index contributed by atoms with van der Waals surface area (Å²) in [4.78, 5) is 11.1. The van der Waals surface area contributed by atoms with Crippen LogP contribution in [0.1, 0.15) is 26.2 Å². The molecular weight excluding hydrogens is 164 g/mol. The molecule has 0 N–H and O–H groups in total. The zero-order valence-corrected chi connectivity index (χ0v) is 7.50. The van der Waals surface area contributed by atoms with Gasteiger partial charge in [0.05, 0.1) is 0 Å². The first-order chi connectivity index (χ1) is 6.20. The number of nitriles is 2. The Hall–Kier alpha value is -1.61. The van der Waals surface area contributed by atoms with Crippen molar-refractivity contribution in [3.8, 4) is 12.1 Å². The Morgan fingerprint density at radius 1 is 1.46 bits per heavy atom. The lowest BCUT2D eigenvalue weighted by Crippen LogP contribution is -2.09. The fraction of sp³-hybridized carbons (Fsp3) is 0.500. The molecule has 0 amide bonds. The molecule has 0 aromatic carbocycles. The number of allylic oxidation sites excluding steroid dienone is 2. The minimum Gasteiger partial charge on any atom is -0.299 e. The summed E-state index contributed by atoms with van der Waals surface area (Å²) in [6, 6.07) is 3.69. The summed E-state index contributed by atoms with van der Waals surface area (Å²) in [7, 11) is 0. The minimum atomic E-state index is -0.172. The van der Waals surface area contributed by atoms with E-state index in [9.17, 15) is 4.79 Å². The lowest BCUT2D eigenvalue weighted by atomic mass is 9.95. The molecule has 1 saturated carbocycles. The summed E-state index contributed by atoms with van der Waals surface area (Å²) in [6.45, 7) is 1.52. The van der Waals surface area contributed by atoms with Gasteiger partial charge in [-0.2, -0.15) is 10.5 Å². The average Bonchev–Trinajstić information content (AvgIpc) is 2.55. The van der Waals surface area contributed by atoms with Gasteiger partial charge in [-0.05, 0) is 31.8 Å². The predicted octanol–water partition coefficient (Wildman–Crippen LogP) is 1.72. The molecular formula is C10H10N2O. The number of hydrogen-bond donors (Lipinski definition) is 0. The van der Waals surface area contributed by atoms with E-state index >= 15 is 0 Å². The molecule has 66 valence electrons. The van der Waals surface area contributed by atoms with Crippen LogP contribution in [0.2, 0.25) is 0 Å². The smallest absolute Gasteiger partial charge is 0.137 e. The molecule has 13 heavy (non-hydrogen) atoms. The van der Waals surface area contributed by atoms with Gasteiger partial charge in [0.2, 0.25) is 0 Å². The third-order valence-corrected chi connectivity index (χ3v) is 2.39. The first kappa shape index (κ1) is 9.48. The van der Waals surface area contributed by atoms with Gasteiger partial charge in [0, 0.05) is 5.92 Å². The van der Waals surface area contributed by atoms with Crippen LogP contribution in [0.3, 0.4) is 0 Å². The Kier molecular flexibility index (Phi) is 2.82.